The number of urea groups is 1. The van der Waals surface area contributed by atoms with Crippen LogP contribution in [0.15, 0.2) is 35.3 Å². The van der Waals surface area contributed by atoms with Crippen molar-refractivity contribution >= 4 is 56.1 Å². The summed E-state index contributed by atoms with van der Waals surface area (Å²) in [5.41, 5.74) is 11.5. The molecule has 21 heteroatoms. The standard InChI is InChI=1S/C36H60N10O10Si/c1-4-55-57(3,56-5-2)20-12-19-41-36(54)40-17-10-9-15-26-32(51)44-25(16-11-18-39-35(37)38)31(50)42-23-29(47)43-28(22-30(48)49)34(53)46-27(33(52)45-26)21-24-13-7-6-8-14-24/h6-8,13-14,25-28H,4-5,9-12,15-23H2,1-3H3,(H,42,50)(H,43,47)(H,44,51)(H,45,52)(H,46,53)(H,48,49)(H4,37,38,39)(H2,40,41,54)/t25-,26-,27+,28?/m0/s1. The van der Waals surface area contributed by atoms with Gasteiger partial charge in [0.1, 0.15) is 24.2 Å². The van der Waals surface area contributed by atoms with E-state index in [1.54, 1.807) is 30.3 Å². The molecule has 1 aromatic carbocycles. The van der Waals surface area contributed by atoms with Crippen LogP contribution in [0.2, 0.25) is 12.6 Å². The van der Waals surface area contributed by atoms with Crippen molar-refractivity contribution in [3.05, 3.63) is 35.9 Å². The Hall–Kier alpha value is -5.28. The van der Waals surface area contributed by atoms with E-state index >= 15 is 0 Å². The van der Waals surface area contributed by atoms with Gasteiger partial charge < -0.3 is 62.6 Å². The van der Waals surface area contributed by atoms with Gasteiger partial charge in [-0.25, -0.2) is 4.79 Å². The largest absolute Gasteiger partial charge is 0.481 e. The summed E-state index contributed by atoms with van der Waals surface area (Å²) in [7, 11) is -2.30. The molecule has 20 nitrogen and oxygen atoms in total. The summed E-state index contributed by atoms with van der Waals surface area (Å²) >= 11 is 0. The van der Waals surface area contributed by atoms with E-state index < -0.39 is 81.2 Å². The summed E-state index contributed by atoms with van der Waals surface area (Å²) in [5, 5.41) is 27.7. The number of aliphatic carboxylic acids is 1. The minimum atomic E-state index is -2.30. The molecule has 1 heterocycles. The van der Waals surface area contributed by atoms with Crippen LogP contribution < -0.4 is 48.7 Å². The molecule has 1 unspecified atom stereocenters. The molecule has 57 heavy (non-hydrogen) atoms. The molecular weight excluding hydrogens is 761 g/mol. The van der Waals surface area contributed by atoms with Gasteiger partial charge in [0.05, 0.1) is 13.0 Å². The van der Waals surface area contributed by atoms with Gasteiger partial charge in [0, 0.05) is 39.3 Å². The number of carbonyl (C=O) groups excluding carboxylic acids is 6. The third-order valence-electron chi connectivity index (χ3n) is 8.78. The van der Waals surface area contributed by atoms with Gasteiger partial charge in [0.25, 0.3) is 0 Å². The molecule has 2 rings (SSSR count). The SMILES string of the molecule is CCO[Si](C)(CCCNC(=O)NCCCC[C@@H]1NC(=O)[C@@H](Cc2ccccc2)NC(=O)C(CC(=O)O)NC(=O)CNC(=O)[C@H](CCCN=C(N)N)NC1=O)OCC. The lowest BCUT2D eigenvalue weighted by molar-refractivity contribution is -0.141. The van der Waals surface area contributed by atoms with Crippen molar-refractivity contribution in [3.8, 4) is 0 Å². The minimum Gasteiger partial charge on any atom is -0.481 e. The summed E-state index contributed by atoms with van der Waals surface area (Å²) in [6.07, 6.45) is 0.986. The zero-order valence-electron chi connectivity index (χ0n) is 33.0. The highest BCUT2D eigenvalue weighted by Crippen LogP contribution is 2.15. The first-order valence-electron chi connectivity index (χ1n) is 19.2. The molecule has 0 radical (unpaired) electrons. The third-order valence-corrected chi connectivity index (χ3v) is 11.8. The van der Waals surface area contributed by atoms with Gasteiger partial charge in [-0.05, 0) is 70.5 Å². The number of rotatable bonds is 21. The number of guanidine groups is 1. The van der Waals surface area contributed by atoms with Gasteiger partial charge in [-0.15, -0.1) is 0 Å². The van der Waals surface area contributed by atoms with Gasteiger partial charge in [-0.1, -0.05) is 30.3 Å². The maximum Gasteiger partial charge on any atom is 0.334 e. The van der Waals surface area contributed by atoms with Crippen LogP contribution in [0.25, 0.3) is 0 Å². The zero-order valence-corrected chi connectivity index (χ0v) is 34.0. The Labute approximate surface area is 334 Å². The summed E-state index contributed by atoms with van der Waals surface area (Å²) < 4.78 is 11.7. The van der Waals surface area contributed by atoms with Crippen LogP contribution in [0.3, 0.4) is 0 Å². The molecule has 7 amide bonds. The number of hydrogen-bond donors (Lipinski definition) is 10. The fraction of sp³-hybridized carbons (Fsp3) is 0.611. The fourth-order valence-electron chi connectivity index (χ4n) is 5.98. The molecule has 318 valence electrons. The minimum absolute atomic E-state index is 0.0360. The fourth-order valence-corrected chi connectivity index (χ4v) is 8.40. The van der Waals surface area contributed by atoms with E-state index in [1.165, 1.54) is 0 Å². The van der Waals surface area contributed by atoms with Gasteiger partial charge in [0.15, 0.2) is 5.96 Å². The monoisotopic (exact) mass is 820 g/mol. The molecule has 0 aliphatic carbocycles. The average Bonchev–Trinajstić information content (AvgIpc) is 3.15. The summed E-state index contributed by atoms with van der Waals surface area (Å²) in [5.74, 6) is -5.60. The average molecular weight is 821 g/mol. The summed E-state index contributed by atoms with van der Waals surface area (Å²) in [6.45, 7) is 7.11. The predicted molar refractivity (Wildman–Crippen MR) is 213 cm³/mol. The molecule has 12 N–H and O–H groups in total. The first kappa shape index (κ1) is 47.9. The molecule has 0 saturated carbocycles. The second-order valence-electron chi connectivity index (χ2n) is 13.5. The van der Waals surface area contributed by atoms with Crippen molar-refractivity contribution in [2.45, 2.75) is 102 Å². The molecular formula is C36H60N10O10Si. The molecule has 0 aromatic heterocycles. The number of carboxylic acids is 1. The second kappa shape index (κ2) is 25.8. The molecule has 1 fully saturated rings. The number of unbranched alkanes of at least 4 members (excludes halogenated alkanes) is 1. The molecule has 0 spiro atoms. The molecule has 4 atom stereocenters. The van der Waals surface area contributed by atoms with Crippen LogP contribution in [-0.2, 0) is 44.0 Å². The lowest BCUT2D eigenvalue weighted by Gasteiger charge is -2.26. The third kappa shape index (κ3) is 19.4. The van der Waals surface area contributed by atoms with Crippen molar-refractivity contribution in [1.82, 2.24) is 37.2 Å². The molecule has 1 aromatic rings. The number of nitrogens with zero attached hydrogens (tertiary/aromatic N) is 1. The number of hydrogen-bond acceptors (Lipinski definition) is 10. The van der Waals surface area contributed by atoms with Crippen LogP contribution in [0.1, 0.15) is 64.4 Å². The first-order valence-corrected chi connectivity index (χ1v) is 21.8. The molecule has 1 aliphatic rings. The highest BCUT2D eigenvalue weighted by Gasteiger charge is 2.33. The molecule has 1 saturated heterocycles. The van der Waals surface area contributed by atoms with E-state index in [9.17, 15) is 38.7 Å². The van der Waals surface area contributed by atoms with Gasteiger partial charge in [-0.2, -0.15) is 0 Å². The van der Waals surface area contributed by atoms with Crippen LogP contribution in [0, 0.1) is 0 Å². The first-order chi connectivity index (χ1) is 27.2. The van der Waals surface area contributed by atoms with Crippen LogP contribution in [0.4, 0.5) is 4.79 Å². The normalized spacial score (nSPS) is 19.7. The molecule has 0 bridgehead atoms. The second-order valence-corrected chi connectivity index (χ2v) is 16.9. The predicted octanol–water partition coefficient (Wildman–Crippen LogP) is -1.17. The topological polar surface area (TPSA) is 307 Å². The Morgan fingerprint density at radius 3 is 1.96 bits per heavy atom. The highest BCUT2D eigenvalue weighted by molar-refractivity contribution is 6.66. The zero-order chi connectivity index (χ0) is 42.2. The summed E-state index contributed by atoms with van der Waals surface area (Å²) in [4.78, 5) is 95.2. The number of nitrogens with one attached hydrogen (secondary N) is 7. The quantitative estimate of drug-likeness (QED) is 0.0304. The Morgan fingerprint density at radius 2 is 1.35 bits per heavy atom. The lowest BCUT2D eigenvalue weighted by atomic mass is 10.0. The number of nitrogens with two attached hydrogens (primary N) is 2. The number of carboxylic acid groups (broad SMARTS) is 1. The van der Waals surface area contributed by atoms with E-state index in [0.717, 1.165) is 6.04 Å². The van der Waals surface area contributed by atoms with Crippen LogP contribution in [-0.4, -0.2) is 125 Å². The van der Waals surface area contributed by atoms with Crippen molar-refractivity contribution in [2.75, 3.05) is 39.4 Å². The molecule has 1 aliphatic heterocycles. The van der Waals surface area contributed by atoms with Crippen molar-refractivity contribution in [3.63, 3.8) is 0 Å². The van der Waals surface area contributed by atoms with E-state index in [-0.39, 0.29) is 50.8 Å². The smallest absolute Gasteiger partial charge is 0.334 e. The number of aliphatic imine (C=N–C) groups is 1. The van der Waals surface area contributed by atoms with Crippen molar-refractivity contribution in [1.29, 1.82) is 0 Å². The number of carbonyl (C=O) groups is 7. The van der Waals surface area contributed by atoms with Gasteiger partial charge in [0.2, 0.25) is 29.5 Å². The Bertz CT molecular complexity index is 1510. The summed E-state index contributed by atoms with van der Waals surface area (Å²) in [6, 6.07) is 3.76. The van der Waals surface area contributed by atoms with E-state index in [2.05, 4.69) is 42.2 Å². The number of benzene rings is 1. The van der Waals surface area contributed by atoms with Gasteiger partial charge in [-0.3, -0.25) is 33.8 Å². The Kier molecular flexibility index (Phi) is 21.7. The van der Waals surface area contributed by atoms with E-state index in [1.807, 2.05) is 20.4 Å². The maximum atomic E-state index is 13.9. The highest BCUT2D eigenvalue weighted by atomic mass is 28.4. The lowest BCUT2D eigenvalue weighted by Crippen LogP contribution is -2.58. The van der Waals surface area contributed by atoms with Crippen molar-refractivity contribution < 1.29 is 47.5 Å². The Balaban J connectivity index is 2.24. The van der Waals surface area contributed by atoms with E-state index in [4.69, 9.17) is 20.3 Å². The van der Waals surface area contributed by atoms with Gasteiger partial charge >= 0.3 is 20.6 Å². The number of amides is 7. The van der Waals surface area contributed by atoms with Crippen LogP contribution >= 0.6 is 0 Å². The van der Waals surface area contributed by atoms with Crippen LogP contribution in [0.5, 0.6) is 0 Å². The maximum absolute atomic E-state index is 13.9. The Morgan fingerprint density at radius 1 is 0.789 bits per heavy atom. The van der Waals surface area contributed by atoms with Crippen molar-refractivity contribution in [2.24, 2.45) is 16.5 Å². The van der Waals surface area contributed by atoms with E-state index in [0.29, 0.717) is 44.6 Å².